The van der Waals surface area contributed by atoms with Gasteiger partial charge < -0.3 is 0 Å². The molecule has 5 heteroatoms. The second kappa shape index (κ2) is 4.72. The first kappa shape index (κ1) is 12.8. The summed E-state index contributed by atoms with van der Waals surface area (Å²) >= 11 is 0. The molecule has 0 aliphatic heterocycles. The molecule has 0 bridgehead atoms. The van der Waals surface area contributed by atoms with Crippen molar-refractivity contribution in [3.05, 3.63) is 23.5 Å². The van der Waals surface area contributed by atoms with E-state index in [1.807, 2.05) is 0 Å². The smallest absolute Gasteiger partial charge is 0.260 e. The Hall–Kier alpha value is -1.26. The first-order valence-electron chi connectivity index (χ1n) is 5.07. The topological polar surface area (TPSA) is 17.8 Å². The molecular weight excluding hydrogens is 217 g/mol. The normalized spacial score (nSPS) is 13.5. The molecule has 0 aliphatic carbocycles. The summed E-state index contributed by atoms with van der Waals surface area (Å²) in [5.41, 5.74) is -0.123. The molecule has 0 saturated carbocycles. The van der Waals surface area contributed by atoms with Gasteiger partial charge in [0.1, 0.15) is 17.6 Å². The number of hydrogen-bond acceptors (Lipinski definition) is 1. The minimum Gasteiger partial charge on any atom is -0.260 e. The standard InChI is InChI=1S/C11H15F3N2/c1-5-8-9(7(4)12)15-16(6(2)3)10(8)11(13)14/h5-7,11H,1H2,2-4H3. The lowest BCUT2D eigenvalue weighted by Crippen LogP contribution is -2.08. The van der Waals surface area contributed by atoms with Crippen LogP contribution in [0.5, 0.6) is 0 Å². The number of halogens is 3. The van der Waals surface area contributed by atoms with E-state index < -0.39 is 12.6 Å². The van der Waals surface area contributed by atoms with Gasteiger partial charge in [-0.3, -0.25) is 4.68 Å². The molecule has 0 N–H and O–H groups in total. The Morgan fingerprint density at radius 2 is 1.81 bits per heavy atom. The summed E-state index contributed by atoms with van der Waals surface area (Å²) in [5.74, 6) is 0. The predicted octanol–water partition coefficient (Wildman–Crippen LogP) is 4.08. The van der Waals surface area contributed by atoms with E-state index in [4.69, 9.17) is 0 Å². The maximum absolute atomic E-state index is 13.2. The number of hydrogen-bond donors (Lipinski definition) is 0. The van der Waals surface area contributed by atoms with Gasteiger partial charge in [0.15, 0.2) is 0 Å². The number of alkyl halides is 3. The van der Waals surface area contributed by atoms with E-state index in [2.05, 4.69) is 11.7 Å². The molecule has 1 atom stereocenters. The zero-order chi connectivity index (χ0) is 12.5. The predicted molar refractivity (Wildman–Crippen MR) is 57.2 cm³/mol. The fourth-order valence-corrected chi connectivity index (χ4v) is 1.59. The van der Waals surface area contributed by atoms with Crippen molar-refractivity contribution in [2.45, 2.75) is 39.4 Å². The Kier molecular flexibility index (Phi) is 3.78. The Balaban J connectivity index is 3.46. The number of rotatable bonds is 4. The molecule has 0 aliphatic rings. The highest BCUT2D eigenvalue weighted by atomic mass is 19.3. The highest BCUT2D eigenvalue weighted by molar-refractivity contribution is 5.54. The van der Waals surface area contributed by atoms with E-state index in [0.717, 1.165) is 4.68 Å². The van der Waals surface area contributed by atoms with Gasteiger partial charge in [0, 0.05) is 11.6 Å². The molecule has 90 valence electrons. The molecule has 0 spiro atoms. The van der Waals surface area contributed by atoms with E-state index in [1.54, 1.807) is 13.8 Å². The van der Waals surface area contributed by atoms with Crippen LogP contribution in [0.3, 0.4) is 0 Å². The lowest BCUT2D eigenvalue weighted by atomic mass is 10.1. The number of aromatic nitrogens is 2. The quantitative estimate of drug-likeness (QED) is 0.765. The molecule has 0 saturated heterocycles. The molecule has 1 aromatic heterocycles. The summed E-state index contributed by atoms with van der Waals surface area (Å²) in [6, 6.07) is -0.241. The van der Waals surface area contributed by atoms with Crippen LogP contribution >= 0.6 is 0 Å². The van der Waals surface area contributed by atoms with Crippen molar-refractivity contribution in [3.63, 3.8) is 0 Å². The molecule has 1 unspecified atom stereocenters. The molecular formula is C11H15F3N2. The van der Waals surface area contributed by atoms with Gasteiger partial charge in [-0.1, -0.05) is 12.7 Å². The first-order chi connectivity index (χ1) is 7.40. The van der Waals surface area contributed by atoms with E-state index in [9.17, 15) is 13.2 Å². The van der Waals surface area contributed by atoms with Gasteiger partial charge in [-0.2, -0.15) is 5.10 Å². The maximum Gasteiger partial charge on any atom is 0.280 e. The van der Waals surface area contributed by atoms with Gasteiger partial charge in [0.2, 0.25) is 0 Å². The number of nitrogens with zero attached hydrogens (tertiary/aromatic N) is 2. The van der Waals surface area contributed by atoms with Gasteiger partial charge >= 0.3 is 0 Å². The summed E-state index contributed by atoms with van der Waals surface area (Å²) in [4.78, 5) is 0. The lowest BCUT2D eigenvalue weighted by molar-refractivity contribution is 0.137. The largest absolute Gasteiger partial charge is 0.280 e. The minimum absolute atomic E-state index is 0.0269. The Labute approximate surface area is 92.8 Å². The van der Waals surface area contributed by atoms with Crippen molar-refractivity contribution in [1.29, 1.82) is 0 Å². The average Bonchev–Trinajstić information content (AvgIpc) is 2.56. The van der Waals surface area contributed by atoms with Gasteiger partial charge in [-0.05, 0) is 20.8 Å². The van der Waals surface area contributed by atoms with E-state index in [-0.39, 0.29) is 23.0 Å². The van der Waals surface area contributed by atoms with Gasteiger partial charge in [0.25, 0.3) is 6.43 Å². The van der Waals surface area contributed by atoms with Crippen molar-refractivity contribution in [1.82, 2.24) is 9.78 Å². The first-order valence-corrected chi connectivity index (χ1v) is 5.07. The lowest BCUT2D eigenvalue weighted by Gasteiger charge is -2.10. The molecule has 1 rings (SSSR count). The van der Waals surface area contributed by atoms with Crippen molar-refractivity contribution in [3.8, 4) is 0 Å². The summed E-state index contributed by atoms with van der Waals surface area (Å²) in [6.07, 6.45) is -2.83. The summed E-state index contributed by atoms with van der Waals surface area (Å²) < 4.78 is 40.2. The zero-order valence-electron chi connectivity index (χ0n) is 9.54. The van der Waals surface area contributed by atoms with Crippen LogP contribution in [0.1, 0.15) is 56.4 Å². The Bertz CT molecular complexity index is 381. The van der Waals surface area contributed by atoms with Crippen LogP contribution in [0.2, 0.25) is 0 Å². The Morgan fingerprint density at radius 3 is 2.12 bits per heavy atom. The molecule has 0 aromatic carbocycles. The van der Waals surface area contributed by atoms with Gasteiger partial charge in [0.05, 0.1) is 0 Å². The van der Waals surface area contributed by atoms with E-state index >= 15 is 0 Å². The Morgan fingerprint density at radius 1 is 1.25 bits per heavy atom. The average molecular weight is 232 g/mol. The van der Waals surface area contributed by atoms with Crippen molar-refractivity contribution in [2.75, 3.05) is 0 Å². The van der Waals surface area contributed by atoms with Crippen LogP contribution < -0.4 is 0 Å². The molecule has 0 fully saturated rings. The van der Waals surface area contributed by atoms with Crippen LogP contribution in [0.15, 0.2) is 6.58 Å². The van der Waals surface area contributed by atoms with Crippen LogP contribution in [0.4, 0.5) is 13.2 Å². The molecule has 1 aromatic rings. The SMILES string of the molecule is C=Cc1c(C(C)F)nn(C(C)C)c1C(F)F. The molecule has 1 heterocycles. The molecule has 0 amide bonds. The third-order valence-electron chi connectivity index (χ3n) is 2.29. The van der Waals surface area contributed by atoms with E-state index in [0.29, 0.717) is 0 Å². The van der Waals surface area contributed by atoms with E-state index in [1.165, 1.54) is 13.0 Å². The fourth-order valence-electron chi connectivity index (χ4n) is 1.59. The summed E-state index contributed by atoms with van der Waals surface area (Å²) in [5, 5.41) is 3.89. The molecule has 0 radical (unpaired) electrons. The van der Waals surface area contributed by atoms with Gasteiger partial charge in [-0.15, -0.1) is 0 Å². The van der Waals surface area contributed by atoms with Crippen molar-refractivity contribution >= 4 is 6.08 Å². The molecule has 2 nitrogen and oxygen atoms in total. The summed E-state index contributed by atoms with van der Waals surface area (Å²) in [6.45, 7) is 8.15. The van der Waals surface area contributed by atoms with Crippen molar-refractivity contribution in [2.24, 2.45) is 0 Å². The van der Waals surface area contributed by atoms with Crippen LogP contribution in [0.25, 0.3) is 6.08 Å². The third kappa shape index (κ3) is 2.13. The van der Waals surface area contributed by atoms with Gasteiger partial charge in [-0.25, -0.2) is 13.2 Å². The third-order valence-corrected chi connectivity index (χ3v) is 2.29. The second-order valence-electron chi connectivity index (χ2n) is 3.84. The van der Waals surface area contributed by atoms with Crippen molar-refractivity contribution < 1.29 is 13.2 Å². The summed E-state index contributed by atoms with van der Waals surface area (Å²) in [7, 11) is 0. The molecule has 16 heavy (non-hydrogen) atoms. The fraction of sp³-hybridized carbons (Fsp3) is 0.545. The van der Waals surface area contributed by atoms with Crippen LogP contribution in [0, 0.1) is 0 Å². The highest BCUT2D eigenvalue weighted by Gasteiger charge is 2.26. The minimum atomic E-state index is -2.68. The highest BCUT2D eigenvalue weighted by Crippen LogP contribution is 2.32. The zero-order valence-corrected chi connectivity index (χ0v) is 9.54. The maximum atomic E-state index is 13.2. The second-order valence-corrected chi connectivity index (χ2v) is 3.84. The van der Waals surface area contributed by atoms with Crippen LogP contribution in [-0.2, 0) is 0 Å². The van der Waals surface area contributed by atoms with Crippen LogP contribution in [-0.4, -0.2) is 9.78 Å². The monoisotopic (exact) mass is 232 g/mol.